The largest absolute Gasteiger partial charge is 0.453 e. The summed E-state index contributed by atoms with van der Waals surface area (Å²) in [6.07, 6.45) is 2.65. The average molecular weight is 630 g/mol. The van der Waals surface area contributed by atoms with Gasteiger partial charge in [-0.15, -0.1) is 0 Å². The molecule has 240 valence electrons. The van der Waals surface area contributed by atoms with Crippen molar-refractivity contribution in [1.29, 1.82) is 0 Å². The number of H-pyrrole nitrogens is 1. The molecule has 0 aliphatic carbocycles. The van der Waals surface area contributed by atoms with E-state index in [0.29, 0.717) is 25.3 Å². The zero-order valence-electron chi connectivity index (χ0n) is 26.3. The number of carbonyl (C=O) groups is 2. The first-order chi connectivity index (χ1) is 23.1. The molecule has 0 saturated carbocycles. The second kappa shape index (κ2) is 15.4. The van der Waals surface area contributed by atoms with Gasteiger partial charge in [-0.25, -0.2) is 9.78 Å². The number of alkyl carbamates (subject to hydrolysis) is 1. The summed E-state index contributed by atoms with van der Waals surface area (Å²) < 4.78 is 11.2. The Morgan fingerprint density at radius 2 is 1.53 bits per heavy atom. The van der Waals surface area contributed by atoms with E-state index in [9.17, 15) is 9.59 Å². The molecule has 2 heterocycles. The fourth-order valence-corrected chi connectivity index (χ4v) is 6.03. The number of aromatic nitrogens is 2. The Labute approximate surface area is 274 Å². The predicted octanol–water partition coefficient (Wildman–Crippen LogP) is 6.23. The van der Waals surface area contributed by atoms with Crippen LogP contribution >= 0.6 is 0 Å². The first-order valence-electron chi connectivity index (χ1n) is 15.9. The first kappa shape index (κ1) is 31.7. The molecular weight excluding hydrogens is 590 g/mol. The van der Waals surface area contributed by atoms with Crippen LogP contribution in [-0.4, -0.2) is 54.4 Å². The van der Waals surface area contributed by atoms with Gasteiger partial charge in [0.1, 0.15) is 11.9 Å². The SMILES string of the molecule is COC(=O)N[C@H](C(=O)Nc1ccccc1CC[C@@H]1CN[C@H](c2ncc(-c3ccccc3)[nH]2)CO1)C(c1ccccc1)c1ccccc1. The fraction of sp³-hybridized carbons (Fsp3) is 0.237. The van der Waals surface area contributed by atoms with Crippen LogP contribution < -0.4 is 16.0 Å². The molecule has 47 heavy (non-hydrogen) atoms. The van der Waals surface area contributed by atoms with Gasteiger partial charge in [-0.1, -0.05) is 109 Å². The lowest BCUT2D eigenvalue weighted by Crippen LogP contribution is -2.48. The molecule has 1 aliphatic heterocycles. The van der Waals surface area contributed by atoms with Crippen LogP contribution in [0.4, 0.5) is 10.5 Å². The third-order valence-electron chi connectivity index (χ3n) is 8.50. The maximum Gasteiger partial charge on any atom is 0.407 e. The molecule has 9 heteroatoms. The molecule has 1 saturated heterocycles. The van der Waals surface area contributed by atoms with Crippen molar-refractivity contribution in [1.82, 2.24) is 20.6 Å². The molecule has 1 aliphatic rings. The second-order valence-electron chi connectivity index (χ2n) is 11.6. The van der Waals surface area contributed by atoms with Crippen molar-refractivity contribution in [2.24, 2.45) is 0 Å². The van der Waals surface area contributed by atoms with Crippen LogP contribution in [0.5, 0.6) is 0 Å². The number of carbonyl (C=O) groups excluding carboxylic acids is 2. The Morgan fingerprint density at radius 3 is 2.17 bits per heavy atom. The van der Waals surface area contributed by atoms with Crippen LogP contribution in [-0.2, 0) is 20.7 Å². The minimum atomic E-state index is -0.938. The minimum absolute atomic E-state index is 0.00726. The number of amides is 2. The summed E-state index contributed by atoms with van der Waals surface area (Å²) in [6.45, 7) is 1.19. The number of nitrogens with zero attached hydrogens (tertiary/aromatic N) is 1. The number of imidazole rings is 1. The smallest absolute Gasteiger partial charge is 0.407 e. The lowest BCUT2D eigenvalue weighted by molar-refractivity contribution is -0.118. The average Bonchev–Trinajstić information content (AvgIpc) is 3.63. The van der Waals surface area contributed by atoms with E-state index in [2.05, 4.69) is 38.1 Å². The van der Waals surface area contributed by atoms with E-state index in [1.54, 1.807) is 0 Å². The van der Waals surface area contributed by atoms with Gasteiger partial charge in [-0.2, -0.15) is 0 Å². The van der Waals surface area contributed by atoms with Crippen molar-refractivity contribution in [3.8, 4) is 11.3 Å². The predicted molar refractivity (Wildman–Crippen MR) is 182 cm³/mol. The molecular formula is C38H39N5O4. The highest BCUT2D eigenvalue weighted by Crippen LogP contribution is 2.30. The summed E-state index contributed by atoms with van der Waals surface area (Å²) in [4.78, 5) is 34.6. The fourth-order valence-electron chi connectivity index (χ4n) is 6.03. The van der Waals surface area contributed by atoms with Crippen LogP contribution in [0.2, 0.25) is 0 Å². The Morgan fingerprint density at radius 1 is 0.894 bits per heavy atom. The molecule has 2 amide bonds. The van der Waals surface area contributed by atoms with Gasteiger partial charge in [0.25, 0.3) is 0 Å². The van der Waals surface area contributed by atoms with E-state index >= 15 is 0 Å². The summed E-state index contributed by atoms with van der Waals surface area (Å²) in [6, 6.07) is 36.3. The highest BCUT2D eigenvalue weighted by molar-refractivity contribution is 5.98. The molecule has 0 radical (unpaired) electrons. The number of anilines is 1. The summed E-state index contributed by atoms with van der Waals surface area (Å²) in [5.41, 5.74) is 5.54. The molecule has 5 aromatic rings. The van der Waals surface area contributed by atoms with Crippen molar-refractivity contribution in [3.05, 3.63) is 144 Å². The molecule has 1 aromatic heterocycles. The van der Waals surface area contributed by atoms with E-state index in [1.165, 1.54) is 7.11 Å². The van der Waals surface area contributed by atoms with Gasteiger partial charge in [0.2, 0.25) is 5.91 Å². The monoisotopic (exact) mass is 629 g/mol. The van der Waals surface area contributed by atoms with E-state index < -0.39 is 18.1 Å². The first-order valence-corrected chi connectivity index (χ1v) is 15.9. The quantitative estimate of drug-likeness (QED) is 0.138. The number of ether oxygens (including phenoxy) is 2. The molecule has 1 fully saturated rings. The van der Waals surface area contributed by atoms with Crippen LogP contribution in [0.15, 0.2) is 121 Å². The van der Waals surface area contributed by atoms with Crippen molar-refractivity contribution < 1.29 is 19.1 Å². The summed E-state index contributed by atoms with van der Waals surface area (Å²) >= 11 is 0. The Kier molecular flexibility index (Phi) is 10.4. The number of aryl methyl sites for hydroxylation is 1. The van der Waals surface area contributed by atoms with Gasteiger partial charge in [-0.05, 0) is 41.2 Å². The number of hydrogen-bond acceptors (Lipinski definition) is 6. The minimum Gasteiger partial charge on any atom is -0.453 e. The van der Waals surface area contributed by atoms with Crippen LogP contribution in [0.1, 0.15) is 40.9 Å². The van der Waals surface area contributed by atoms with E-state index in [-0.39, 0.29) is 18.1 Å². The number of rotatable bonds is 11. The van der Waals surface area contributed by atoms with Gasteiger partial charge < -0.3 is 30.4 Å². The second-order valence-corrected chi connectivity index (χ2v) is 11.6. The van der Waals surface area contributed by atoms with E-state index in [4.69, 9.17) is 9.47 Å². The zero-order chi connectivity index (χ0) is 32.4. The number of benzene rings is 4. The third-order valence-corrected chi connectivity index (χ3v) is 8.50. The van der Waals surface area contributed by atoms with Gasteiger partial charge in [0.15, 0.2) is 0 Å². The number of hydrogen-bond donors (Lipinski definition) is 4. The standard InChI is InChI=1S/C38H39N5O4/c1-46-38(45)43-35(34(28-16-7-3-8-17-28)29-18-9-4-10-19-29)37(44)42-31-20-12-11-15-27(31)21-22-30-23-39-33(25-47-30)36-40-24-32(41-36)26-13-5-2-6-14-26/h2-20,24,30,33-35,39H,21-23,25H2,1H3,(H,40,41)(H,42,44)(H,43,45)/t30-,33+,35+/m1/s1. The van der Waals surface area contributed by atoms with Crippen molar-refractivity contribution in [2.45, 2.75) is 36.9 Å². The lowest BCUT2D eigenvalue weighted by atomic mass is 9.84. The molecule has 0 bridgehead atoms. The molecule has 4 aromatic carbocycles. The summed E-state index contributed by atoms with van der Waals surface area (Å²) in [5, 5.41) is 9.50. The van der Waals surface area contributed by atoms with E-state index in [1.807, 2.05) is 109 Å². The van der Waals surface area contributed by atoms with Gasteiger partial charge >= 0.3 is 6.09 Å². The number of para-hydroxylation sites is 1. The molecule has 3 atom stereocenters. The Balaban J connectivity index is 1.12. The number of methoxy groups -OCH3 is 1. The Hall–Kier alpha value is -5.25. The molecule has 0 spiro atoms. The van der Waals surface area contributed by atoms with Crippen molar-refractivity contribution in [2.75, 3.05) is 25.6 Å². The number of nitrogens with one attached hydrogen (secondary N) is 4. The van der Waals surface area contributed by atoms with Crippen LogP contribution in [0, 0.1) is 0 Å². The summed E-state index contributed by atoms with van der Waals surface area (Å²) in [5.74, 6) is 0.0679. The Bertz CT molecular complexity index is 1700. The third kappa shape index (κ3) is 7.95. The van der Waals surface area contributed by atoms with E-state index in [0.717, 1.165) is 40.2 Å². The van der Waals surface area contributed by atoms with Crippen molar-refractivity contribution >= 4 is 17.7 Å². The molecule has 9 nitrogen and oxygen atoms in total. The zero-order valence-corrected chi connectivity index (χ0v) is 26.3. The summed E-state index contributed by atoms with van der Waals surface area (Å²) in [7, 11) is 1.29. The van der Waals surface area contributed by atoms with Crippen LogP contribution in [0.3, 0.4) is 0 Å². The molecule has 0 unspecified atom stereocenters. The van der Waals surface area contributed by atoms with Crippen molar-refractivity contribution in [3.63, 3.8) is 0 Å². The number of morpholine rings is 1. The molecule has 6 rings (SSSR count). The highest BCUT2D eigenvalue weighted by Gasteiger charge is 2.33. The van der Waals surface area contributed by atoms with Gasteiger partial charge in [0.05, 0.1) is 37.8 Å². The maximum atomic E-state index is 14.0. The molecule has 4 N–H and O–H groups in total. The van der Waals surface area contributed by atoms with Gasteiger partial charge in [-0.3, -0.25) is 4.79 Å². The van der Waals surface area contributed by atoms with Crippen LogP contribution in [0.25, 0.3) is 11.3 Å². The number of aromatic amines is 1. The maximum absolute atomic E-state index is 14.0. The normalized spacial score (nSPS) is 16.7. The lowest BCUT2D eigenvalue weighted by Gasteiger charge is -2.30. The topological polar surface area (TPSA) is 117 Å². The van der Waals surface area contributed by atoms with Gasteiger partial charge in [0, 0.05) is 18.2 Å². The highest BCUT2D eigenvalue weighted by atomic mass is 16.5.